The first kappa shape index (κ1) is 19.3. The minimum atomic E-state index is 0.564. The molecule has 0 saturated heterocycles. The first-order chi connectivity index (χ1) is 13.9. The topological polar surface area (TPSA) is 73.5 Å². The lowest BCUT2D eigenvalue weighted by atomic mass is 10.1. The molecule has 0 atom stereocenters. The number of nitrogens with one attached hydrogen (secondary N) is 1. The van der Waals surface area contributed by atoms with E-state index in [0.717, 1.165) is 50.0 Å². The second kappa shape index (κ2) is 7.79. The van der Waals surface area contributed by atoms with Crippen LogP contribution in [0.5, 0.6) is 0 Å². The molecular formula is C21H22BrN7. The van der Waals surface area contributed by atoms with Crippen LogP contribution in [0.25, 0.3) is 17.1 Å². The van der Waals surface area contributed by atoms with Crippen LogP contribution >= 0.6 is 15.9 Å². The summed E-state index contributed by atoms with van der Waals surface area (Å²) in [6.07, 6.45) is 1.58. The minimum Gasteiger partial charge on any atom is -0.364 e. The average molecular weight is 452 g/mol. The Morgan fingerprint density at radius 3 is 2.45 bits per heavy atom. The number of aromatic nitrogens is 6. The summed E-state index contributed by atoms with van der Waals surface area (Å²) in [6.45, 7) is 6.63. The molecule has 0 amide bonds. The maximum atomic E-state index is 4.69. The zero-order chi connectivity index (χ0) is 20.5. The molecule has 0 fully saturated rings. The van der Waals surface area contributed by atoms with E-state index in [4.69, 9.17) is 5.10 Å². The van der Waals surface area contributed by atoms with Gasteiger partial charge >= 0.3 is 0 Å². The van der Waals surface area contributed by atoms with Crippen LogP contribution in [-0.2, 0) is 13.6 Å². The van der Waals surface area contributed by atoms with E-state index in [-0.39, 0.29) is 0 Å². The molecule has 1 aromatic carbocycles. The Balaban J connectivity index is 1.56. The molecule has 0 aliphatic heterocycles. The molecule has 0 aliphatic rings. The van der Waals surface area contributed by atoms with Gasteiger partial charge in [0.25, 0.3) is 0 Å². The Bertz CT molecular complexity index is 1160. The van der Waals surface area contributed by atoms with Gasteiger partial charge in [0.1, 0.15) is 12.1 Å². The van der Waals surface area contributed by atoms with Gasteiger partial charge in [0.2, 0.25) is 0 Å². The summed E-state index contributed by atoms with van der Waals surface area (Å²) in [5.41, 5.74) is 6.04. The van der Waals surface area contributed by atoms with E-state index < -0.39 is 0 Å². The zero-order valence-electron chi connectivity index (χ0n) is 16.8. The molecule has 0 radical (unpaired) electrons. The molecule has 0 unspecified atom stereocenters. The second-order valence-electron chi connectivity index (χ2n) is 7.01. The lowest BCUT2D eigenvalue weighted by Crippen LogP contribution is -2.09. The third-order valence-electron chi connectivity index (χ3n) is 4.77. The fourth-order valence-corrected chi connectivity index (χ4v) is 3.66. The summed E-state index contributed by atoms with van der Waals surface area (Å²) in [5.74, 6) is 1.73. The standard InChI is InChI=1S/C21H22BrN7/c1-13-9-14(2)29(26-13)19-10-18(24-12-25-19)11-23-21-15(3)20(27-28(21)4)16-5-7-17(22)8-6-16/h5-10,12,23H,11H2,1-4H3. The number of halogens is 1. The van der Waals surface area contributed by atoms with E-state index in [2.05, 4.69) is 55.4 Å². The third kappa shape index (κ3) is 3.93. The predicted octanol–water partition coefficient (Wildman–Crippen LogP) is 4.36. The second-order valence-corrected chi connectivity index (χ2v) is 7.93. The Hall–Kier alpha value is -3.00. The van der Waals surface area contributed by atoms with Crippen LogP contribution in [0.1, 0.15) is 22.6 Å². The molecule has 8 heteroatoms. The van der Waals surface area contributed by atoms with Crippen LogP contribution in [0, 0.1) is 20.8 Å². The van der Waals surface area contributed by atoms with Crippen molar-refractivity contribution in [2.75, 3.05) is 5.32 Å². The highest BCUT2D eigenvalue weighted by Gasteiger charge is 2.14. The monoisotopic (exact) mass is 451 g/mol. The third-order valence-corrected chi connectivity index (χ3v) is 5.30. The summed E-state index contributed by atoms with van der Waals surface area (Å²) in [7, 11) is 1.94. The number of anilines is 1. The highest BCUT2D eigenvalue weighted by molar-refractivity contribution is 9.10. The van der Waals surface area contributed by atoms with Gasteiger partial charge in [-0.1, -0.05) is 28.1 Å². The van der Waals surface area contributed by atoms with Crippen LogP contribution in [0.2, 0.25) is 0 Å². The van der Waals surface area contributed by atoms with E-state index >= 15 is 0 Å². The summed E-state index contributed by atoms with van der Waals surface area (Å²) in [4.78, 5) is 8.77. The lowest BCUT2D eigenvalue weighted by Gasteiger charge is -2.09. The highest BCUT2D eigenvalue weighted by atomic mass is 79.9. The largest absolute Gasteiger partial charge is 0.364 e. The van der Waals surface area contributed by atoms with E-state index in [1.165, 1.54) is 0 Å². The van der Waals surface area contributed by atoms with Crippen LogP contribution < -0.4 is 5.32 Å². The normalized spacial score (nSPS) is 11.1. The van der Waals surface area contributed by atoms with Gasteiger partial charge in [0.15, 0.2) is 5.82 Å². The number of hydrogen-bond donors (Lipinski definition) is 1. The first-order valence-corrected chi connectivity index (χ1v) is 10.1. The lowest BCUT2D eigenvalue weighted by molar-refractivity contribution is 0.767. The molecule has 3 heterocycles. The summed E-state index contributed by atoms with van der Waals surface area (Å²) >= 11 is 3.48. The first-order valence-electron chi connectivity index (χ1n) is 9.30. The average Bonchev–Trinajstić information content (AvgIpc) is 3.19. The zero-order valence-corrected chi connectivity index (χ0v) is 18.4. The van der Waals surface area contributed by atoms with Crippen molar-refractivity contribution in [3.63, 3.8) is 0 Å². The smallest absolute Gasteiger partial charge is 0.157 e. The maximum absolute atomic E-state index is 4.69. The van der Waals surface area contributed by atoms with Crippen molar-refractivity contribution in [3.8, 4) is 17.1 Å². The van der Waals surface area contributed by atoms with E-state index in [9.17, 15) is 0 Å². The van der Waals surface area contributed by atoms with Crippen molar-refractivity contribution in [2.24, 2.45) is 7.05 Å². The van der Waals surface area contributed by atoms with Crippen LogP contribution in [-0.4, -0.2) is 29.5 Å². The fourth-order valence-electron chi connectivity index (χ4n) is 3.39. The highest BCUT2D eigenvalue weighted by Crippen LogP contribution is 2.28. The van der Waals surface area contributed by atoms with Crippen LogP contribution in [0.4, 0.5) is 5.82 Å². The van der Waals surface area contributed by atoms with Gasteiger partial charge in [-0.25, -0.2) is 14.6 Å². The Morgan fingerprint density at radius 2 is 1.76 bits per heavy atom. The Kier molecular flexibility index (Phi) is 5.19. The SMILES string of the molecule is Cc1cc(C)n(-c2cc(CNc3c(C)c(-c4ccc(Br)cc4)nn3C)ncn2)n1. The quantitative estimate of drug-likeness (QED) is 0.487. The molecule has 1 N–H and O–H groups in total. The molecule has 0 saturated carbocycles. The summed E-state index contributed by atoms with van der Waals surface area (Å²) in [5, 5.41) is 12.7. The number of aryl methyl sites for hydroxylation is 3. The molecular weight excluding hydrogens is 430 g/mol. The van der Waals surface area contributed by atoms with Gasteiger partial charge in [0, 0.05) is 34.4 Å². The molecule has 4 rings (SSSR count). The van der Waals surface area contributed by atoms with Crippen molar-refractivity contribution in [1.29, 1.82) is 0 Å². The number of hydrogen-bond acceptors (Lipinski definition) is 5. The summed E-state index contributed by atoms with van der Waals surface area (Å²) in [6, 6.07) is 12.2. The Morgan fingerprint density at radius 1 is 1.00 bits per heavy atom. The molecule has 0 bridgehead atoms. The number of benzene rings is 1. The van der Waals surface area contributed by atoms with Gasteiger partial charge in [-0.3, -0.25) is 4.68 Å². The van der Waals surface area contributed by atoms with Gasteiger partial charge < -0.3 is 5.32 Å². The Labute approximate surface area is 177 Å². The van der Waals surface area contributed by atoms with Crippen molar-refractivity contribution in [2.45, 2.75) is 27.3 Å². The fraction of sp³-hybridized carbons (Fsp3) is 0.238. The van der Waals surface area contributed by atoms with E-state index in [1.807, 2.05) is 54.5 Å². The van der Waals surface area contributed by atoms with Gasteiger partial charge in [0.05, 0.1) is 23.6 Å². The number of rotatable bonds is 5. The van der Waals surface area contributed by atoms with E-state index in [0.29, 0.717) is 6.54 Å². The van der Waals surface area contributed by atoms with E-state index in [1.54, 1.807) is 6.33 Å². The van der Waals surface area contributed by atoms with Crippen LogP contribution in [0.3, 0.4) is 0 Å². The molecule has 0 aliphatic carbocycles. The van der Waals surface area contributed by atoms with Crippen molar-refractivity contribution < 1.29 is 0 Å². The molecule has 4 aromatic rings. The molecule has 0 spiro atoms. The molecule has 7 nitrogen and oxygen atoms in total. The predicted molar refractivity (Wildman–Crippen MR) is 117 cm³/mol. The van der Waals surface area contributed by atoms with Gasteiger partial charge in [-0.2, -0.15) is 10.2 Å². The number of nitrogens with zero attached hydrogens (tertiary/aromatic N) is 6. The molecule has 29 heavy (non-hydrogen) atoms. The van der Waals surface area contributed by atoms with Gasteiger partial charge in [-0.05, 0) is 39.0 Å². The van der Waals surface area contributed by atoms with Crippen molar-refractivity contribution in [1.82, 2.24) is 29.5 Å². The van der Waals surface area contributed by atoms with Crippen molar-refractivity contribution in [3.05, 3.63) is 69.8 Å². The van der Waals surface area contributed by atoms with Gasteiger partial charge in [-0.15, -0.1) is 0 Å². The van der Waals surface area contributed by atoms with Crippen molar-refractivity contribution >= 4 is 21.7 Å². The molecule has 3 aromatic heterocycles. The maximum Gasteiger partial charge on any atom is 0.157 e. The minimum absolute atomic E-state index is 0.564. The molecule has 148 valence electrons. The van der Waals surface area contributed by atoms with Crippen LogP contribution in [0.15, 0.2) is 47.2 Å². The summed E-state index contributed by atoms with van der Waals surface area (Å²) < 4.78 is 4.76.